The highest BCUT2D eigenvalue weighted by molar-refractivity contribution is 7.66. The molecule has 0 bridgehead atoms. The fraction of sp³-hybridized carbons (Fsp3) is 0.600. The number of rotatable bonds is 12. The van der Waals surface area contributed by atoms with Crippen molar-refractivity contribution in [2.45, 2.75) is 25.4 Å². The first kappa shape index (κ1) is 27.3. The Morgan fingerprint density at radius 3 is 2.27 bits per heavy atom. The molecule has 5 atom stereocenters. The van der Waals surface area contributed by atoms with E-state index in [2.05, 4.69) is 18.1 Å². The molecular weight excluding hydrogens is 498 g/mol. The summed E-state index contributed by atoms with van der Waals surface area (Å²) in [4.78, 5) is 50.8. The van der Waals surface area contributed by atoms with Gasteiger partial charge in [0, 0.05) is 6.20 Å². The van der Waals surface area contributed by atoms with Gasteiger partial charge in [0.2, 0.25) is 0 Å². The zero-order chi connectivity index (χ0) is 23.3. The molecule has 2 unspecified atom stereocenters. The Balaban J connectivity index is 2.88. The minimum atomic E-state index is -5.70. The minimum Gasteiger partial charge on any atom is -0.391 e. The molecule has 0 fully saturated rings. The first-order valence-corrected chi connectivity index (χ1v) is 12.6. The van der Waals surface area contributed by atoms with E-state index in [9.17, 15) is 28.5 Å². The van der Waals surface area contributed by atoms with E-state index in [1.807, 2.05) is 0 Å². The smallest absolute Gasteiger partial charge is 0.391 e. The maximum atomic E-state index is 11.9. The van der Waals surface area contributed by atoms with E-state index < -0.39 is 54.2 Å². The second kappa shape index (κ2) is 10.7. The lowest BCUT2D eigenvalue weighted by Crippen LogP contribution is -2.37. The van der Waals surface area contributed by atoms with Gasteiger partial charge in [-0.1, -0.05) is 0 Å². The van der Waals surface area contributed by atoms with Crippen molar-refractivity contribution in [1.29, 1.82) is 0 Å². The van der Waals surface area contributed by atoms with Gasteiger partial charge in [-0.15, -0.1) is 11.6 Å². The topological polar surface area (TPSA) is 250 Å². The Morgan fingerprint density at radius 2 is 1.80 bits per heavy atom. The molecule has 0 saturated carbocycles. The Morgan fingerprint density at radius 1 is 1.20 bits per heavy atom. The molecular formula is C10H19ClN3O13P3. The van der Waals surface area contributed by atoms with Crippen molar-refractivity contribution in [2.24, 2.45) is 0 Å². The SMILES string of the molecule is C[C@H](O)[C@@H](COP(=O)(O)OP(=O)(O)OP(=O)(O)O)O[C@H](CCl)n1ccc(N)nc1=O. The van der Waals surface area contributed by atoms with Crippen LogP contribution >= 0.6 is 35.1 Å². The van der Waals surface area contributed by atoms with Crippen LogP contribution in [0.1, 0.15) is 13.2 Å². The van der Waals surface area contributed by atoms with E-state index in [0.29, 0.717) is 0 Å². The summed E-state index contributed by atoms with van der Waals surface area (Å²) in [5, 5.41) is 9.78. The van der Waals surface area contributed by atoms with Crippen LogP contribution in [0.3, 0.4) is 0 Å². The molecule has 0 spiro atoms. The van der Waals surface area contributed by atoms with E-state index in [4.69, 9.17) is 36.8 Å². The highest BCUT2D eigenvalue weighted by Gasteiger charge is 2.41. The number of nitrogens with two attached hydrogens (primary N) is 1. The Hall–Kier alpha value is -0.700. The monoisotopic (exact) mass is 517 g/mol. The van der Waals surface area contributed by atoms with Crippen LogP contribution in [0.2, 0.25) is 0 Å². The van der Waals surface area contributed by atoms with E-state index >= 15 is 0 Å². The van der Waals surface area contributed by atoms with E-state index in [1.165, 1.54) is 19.2 Å². The summed E-state index contributed by atoms with van der Waals surface area (Å²) in [6.45, 7) is 0.228. The molecule has 0 aromatic carbocycles. The van der Waals surface area contributed by atoms with Crippen LogP contribution in [0.15, 0.2) is 17.1 Å². The van der Waals surface area contributed by atoms with Gasteiger partial charge >= 0.3 is 29.2 Å². The summed E-state index contributed by atoms with van der Waals surface area (Å²) in [7, 11) is -16.7. The summed E-state index contributed by atoms with van der Waals surface area (Å²) >= 11 is 5.75. The summed E-state index contributed by atoms with van der Waals surface area (Å²) in [6, 6.07) is 1.26. The van der Waals surface area contributed by atoms with Crippen molar-refractivity contribution in [3.63, 3.8) is 0 Å². The number of ether oxygens (including phenoxy) is 1. The van der Waals surface area contributed by atoms with E-state index in [1.54, 1.807) is 0 Å². The second-order valence-corrected chi connectivity index (χ2v) is 10.2. The third-order valence-electron chi connectivity index (χ3n) is 2.98. The van der Waals surface area contributed by atoms with Gasteiger partial charge in [0.25, 0.3) is 0 Å². The summed E-state index contributed by atoms with van der Waals surface area (Å²) in [5.74, 6) is -0.423. The van der Waals surface area contributed by atoms with Gasteiger partial charge < -0.3 is 35.2 Å². The molecule has 16 nitrogen and oxygen atoms in total. The quantitative estimate of drug-likeness (QED) is 0.153. The van der Waals surface area contributed by atoms with Crippen LogP contribution in [0.5, 0.6) is 0 Å². The number of nitrogens with zero attached hydrogens (tertiary/aromatic N) is 2. The van der Waals surface area contributed by atoms with Crippen molar-refractivity contribution < 1.29 is 56.3 Å². The predicted molar refractivity (Wildman–Crippen MR) is 99.0 cm³/mol. The molecule has 1 heterocycles. The van der Waals surface area contributed by atoms with Gasteiger partial charge in [0.15, 0.2) is 6.23 Å². The van der Waals surface area contributed by atoms with E-state index in [0.717, 1.165) is 4.57 Å². The highest BCUT2D eigenvalue weighted by Crippen LogP contribution is 2.66. The van der Waals surface area contributed by atoms with Crippen molar-refractivity contribution in [1.82, 2.24) is 9.55 Å². The van der Waals surface area contributed by atoms with Gasteiger partial charge in [-0.25, -0.2) is 18.5 Å². The molecule has 174 valence electrons. The number of alkyl halides is 1. The molecule has 0 amide bonds. The van der Waals surface area contributed by atoms with Gasteiger partial charge in [-0.05, 0) is 13.0 Å². The highest BCUT2D eigenvalue weighted by atomic mass is 35.5. The molecule has 0 aliphatic rings. The summed E-state index contributed by atoms with van der Waals surface area (Å²) < 4.78 is 51.5. The third-order valence-corrected chi connectivity index (χ3v) is 7.05. The third kappa shape index (κ3) is 9.62. The summed E-state index contributed by atoms with van der Waals surface area (Å²) in [6.07, 6.45) is -2.88. The number of hydrogen-bond donors (Lipinski definition) is 6. The molecule has 1 rings (SSSR count). The number of phosphoric acid groups is 3. The van der Waals surface area contributed by atoms with Crippen molar-refractivity contribution in [2.75, 3.05) is 18.2 Å². The predicted octanol–water partition coefficient (Wildman–Crippen LogP) is -0.328. The van der Waals surface area contributed by atoms with Gasteiger partial charge in [0.1, 0.15) is 11.9 Å². The molecule has 0 aliphatic carbocycles. The van der Waals surface area contributed by atoms with Crippen molar-refractivity contribution >= 4 is 40.9 Å². The normalized spacial score (nSPS) is 19.4. The van der Waals surface area contributed by atoms with Crippen LogP contribution in [-0.2, 0) is 31.6 Å². The average Bonchev–Trinajstić information content (AvgIpc) is 2.52. The average molecular weight is 518 g/mol. The fourth-order valence-electron chi connectivity index (χ4n) is 1.79. The lowest BCUT2D eigenvalue weighted by Gasteiger charge is -2.27. The minimum absolute atomic E-state index is 0.0793. The molecule has 7 N–H and O–H groups in total. The molecule has 0 aliphatic heterocycles. The van der Waals surface area contributed by atoms with Crippen LogP contribution < -0.4 is 11.4 Å². The number of aliphatic hydroxyl groups is 1. The van der Waals surface area contributed by atoms with Gasteiger partial charge in [-0.2, -0.15) is 13.6 Å². The number of anilines is 1. The Kier molecular flexibility index (Phi) is 9.79. The van der Waals surface area contributed by atoms with Crippen molar-refractivity contribution in [3.05, 3.63) is 22.7 Å². The van der Waals surface area contributed by atoms with Crippen LogP contribution in [0.4, 0.5) is 5.82 Å². The maximum Gasteiger partial charge on any atom is 0.490 e. The number of nitrogen functional groups attached to an aromatic ring is 1. The van der Waals surface area contributed by atoms with Crippen LogP contribution in [0.25, 0.3) is 0 Å². The number of halogens is 1. The first-order chi connectivity index (χ1) is 13.6. The lowest BCUT2D eigenvalue weighted by molar-refractivity contribution is -0.110. The van der Waals surface area contributed by atoms with Gasteiger partial charge in [0.05, 0.1) is 18.6 Å². The molecule has 0 saturated heterocycles. The zero-order valence-electron chi connectivity index (χ0n) is 15.0. The van der Waals surface area contributed by atoms with Gasteiger partial charge in [-0.3, -0.25) is 9.09 Å². The molecule has 1 aromatic rings. The number of phosphoric ester groups is 1. The maximum absolute atomic E-state index is 11.9. The number of aliphatic hydroxyl groups excluding tert-OH is 1. The summed E-state index contributed by atoms with van der Waals surface area (Å²) in [5.41, 5.74) is 4.52. The molecule has 20 heteroatoms. The van der Waals surface area contributed by atoms with Crippen molar-refractivity contribution in [3.8, 4) is 0 Å². The Labute approximate surface area is 173 Å². The standard InChI is InChI=1S/C10H19ClN3O13P3/c1-6(15)7(25-9(4-11)14-3-2-8(12)13-10(14)16)5-24-29(20,21)27-30(22,23)26-28(17,18)19/h2-3,6-7,9,15H,4-5H2,1H3,(H,20,21)(H,22,23)(H2,12,13,16)(H2,17,18,19)/t6-,7+,9+/m0/s1. The zero-order valence-corrected chi connectivity index (χ0v) is 18.4. The Bertz CT molecular complexity index is 920. The lowest BCUT2D eigenvalue weighted by atomic mass is 10.2. The van der Waals surface area contributed by atoms with E-state index in [-0.39, 0.29) is 11.7 Å². The first-order valence-electron chi connectivity index (χ1n) is 7.58. The molecule has 0 radical (unpaired) electrons. The largest absolute Gasteiger partial charge is 0.490 e. The van der Waals surface area contributed by atoms with Crippen LogP contribution in [0, 0.1) is 0 Å². The number of hydrogen-bond acceptors (Lipinski definition) is 11. The number of aromatic nitrogens is 2. The molecule has 30 heavy (non-hydrogen) atoms. The fourth-order valence-corrected chi connectivity index (χ4v) is 5.04. The second-order valence-electron chi connectivity index (χ2n) is 5.45. The van der Waals surface area contributed by atoms with Crippen LogP contribution in [-0.4, -0.2) is 58.9 Å². The molecule has 1 aromatic heterocycles.